The molecule has 0 spiro atoms. The molecule has 4 aromatic rings. The number of hydrogen-bond acceptors (Lipinski definition) is 4. The third-order valence-corrected chi connectivity index (χ3v) is 6.72. The van der Waals surface area contributed by atoms with Crippen molar-refractivity contribution in [3.8, 4) is 11.4 Å². The maximum absolute atomic E-state index is 13.9. The van der Waals surface area contributed by atoms with E-state index in [-0.39, 0.29) is 11.6 Å². The first-order valence-electron chi connectivity index (χ1n) is 12.0. The first-order chi connectivity index (χ1) is 17.5. The van der Waals surface area contributed by atoms with Crippen LogP contribution in [0.5, 0.6) is 5.75 Å². The Kier molecular flexibility index (Phi) is 8.05. The van der Waals surface area contributed by atoms with E-state index in [0.717, 1.165) is 10.9 Å². The molecule has 4 rings (SSSR count). The van der Waals surface area contributed by atoms with Crippen LogP contribution < -0.4 is 15.6 Å². The number of nitrogens with zero attached hydrogens (tertiary/aromatic N) is 3. The van der Waals surface area contributed by atoms with Gasteiger partial charge in [0.15, 0.2) is 0 Å². The van der Waals surface area contributed by atoms with Crippen LogP contribution >= 0.6 is 15.9 Å². The fourth-order valence-corrected chi connectivity index (χ4v) is 4.74. The van der Waals surface area contributed by atoms with Crippen LogP contribution in [0.25, 0.3) is 16.6 Å². The maximum atomic E-state index is 13.9. The highest BCUT2D eigenvalue weighted by molar-refractivity contribution is 9.10. The minimum atomic E-state index is -0.463. The Balaban J connectivity index is 1.91. The Morgan fingerprint density at radius 3 is 2.47 bits per heavy atom. The Morgan fingerprint density at radius 2 is 1.75 bits per heavy atom. The molecule has 0 aliphatic carbocycles. The zero-order valence-electron chi connectivity index (χ0n) is 20.6. The fourth-order valence-electron chi connectivity index (χ4n) is 4.35. The second kappa shape index (κ2) is 11.4. The number of ether oxygens (including phenoxy) is 1. The van der Waals surface area contributed by atoms with Gasteiger partial charge in [0.25, 0.3) is 5.56 Å². The van der Waals surface area contributed by atoms with Gasteiger partial charge in [-0.3, -0.25) is 9.36 Å². The number of amides is 2. The zero-order chi connectivity index (χ0) is 25.7. The molecule has 36 heavy (non-hydrogen) atoms. The molecule has 0 fully saturated rings. The number of aromatic nitrogens is 2. The van der Waals surface area contributed by atoms with E-state index in [1.807, 2.05) is 80.6 Å². The first kappa shape index (κ1) is 25.4. The summed E-state index contributed by atoms with van der Waals surface area (Å²) in [5.41, 5.74) is 1.64. The molecular formula is C28H29BrN4O3. The van der Waals surface area contributed by atoms with Gasteiger partial charge in [-0.25, -0.2) is 9.78 Å². The standard InChI is InChI=1S/C28H29BrN4O3/c1-4-18-32(28(35)31-22-15-9-7-13-20(22)29)23(5-2)26-30-21-14-8-6-12-19(21)27(34)33(26)24-16-10-11-17-25(24)36-3/h6-17,23H,4-5,18H2,1-3H3,(H,31,35). The largest absolute Gasteiger partial charge is 0.495 e. The molecule has 1 atom stereocenters. The SMILES string of the molecule is CCCN(C(=O)Nc1ccccc1Br)C(CC)c1nc2ccccc2c(=O)n1-c1ccccc1OC. The number of halogens is 1. The Bertz CT molecular complexity index is 1440. The van der Waals surface area contributed by atoms with Crippen LogP contribution in [0.4, 0.5) is 10.5 Å². The molecule has 0 aliphatic heterocycles. The van der Waals surface area contributed by atoms with Crippen molar-refractivity contribution in [3.63, 3.8) is 0 Å². The number of fused-ring (bicyclic) bond motifs is 1. The van der Waals surface area contributed by atoms with E-state index >= 15 is 0 Å². The molecule has 1 unspecified atom stereocenters. The van der Waals surface area contributed by atoms with Crippen molar-refractivity contribution >= 4 is 38.6 Å². The van der Waals surface area contributed by atoms with E-state index < -0.39 is 6.04 Å². The highest BCUT2D eigenvalue weighted by atomic mass is 79.9. The molecule has 186 valence electrons. The average Bonchev–Trinajstić information content (AvgIpc) is 2.90. The van der Waals surface area contributed by atoms with Crippen LogP contribution in [0.2, 0.25) is 0 Å². The van der Waals surface area contributed by atoms with E-state index in [9.17, 15) is 9.59 Å². The lowest BCUT2D eigenvalue weighted by Gasteiger charge is -2.32. The second-order valence-corrected chi connectivity index (χ2v) is 9.18. The summed E-state index contributed by atoms with van der Waals surface area (Å²) in [7, 11) is 1.57. The monoisotopic (exact) mass is 548 g/mol. The third kappa shape index (κ3) is 4.99. The number of benzene rings is 3. The van der Waals surface area contributed by atoms with Gasteiger partial charge in [-0.1, -0.05) is 50.2 Å². The lowest BCUT2D eigenvalue weighted by molar-refractivity contribution is 0.181. The number of nitrogens with one attached hydrogen (secondary N) is 1. The summed E-state index contributed by atoms with van der Waals surface area (Å²) in [5.74, 6) is 1.04. The number of anilines is 1. The van der Waals surface area contributed by atoms with Crippen molar-refractivity contribution in [2.24, 2.45) is 0 Å². The predicted octanol–water partition coefficient (Wildman–Crippen LogP) is 6.55. The first-order valence-corrected chi connectivity index (χ1v) is 12.8. The third-order valence-electron chi connectivity index (χ3n) is 6.03. The molecule has 2 amide bonds. The van der Waals surface area contributed by atoms with Crippen molar-refractivity contribution < 1.29 is 9.53 Å². The highest BCUT2D eigenvalue weighted by Crippen LogP contribution is 2.30. The molecule has 0 aliphatic rings. The smallest absolute Gasteiger partial charge is 0.322 e. The molecule has 8 heteroatoms. The van der Waals surface area contributed by atoms with Crippen molar-refractivity contribution in [3.05, 3.63) is 93.4 Å². The van der Waals surface area contributed by atoms with Crippen LogP contribution in [0, 0.1) is 0 Å². The Morgan fingerprint density at radius 1 is 1.06 bits per heavy atom. The van der Waals surface area contributed by atoms with E-state index in [4.69, 9.17) is 9.72 Å². The molecule has 0 bridgehead atoms. The summed E-state index contributed by atoms with van der Waals surface area (Å²) >= 11 is 3.50. The van der Waals surface area contributed by atoms with Gasteiger partial charge in [0.2, 0.25) is 0 Å². The van der Waals surface area contributed by atoms with Crippen LogP contribution in [0.3, 0.4) is 0 Å². The van der Waals surface area contributed by atoms with Crippen LogP contribution in [-0.2, 0) is 0 Å². The normalized spacial score (nSPS) is 11.8. The maximum Gasteiger partial charge on any atom is 0.322 e. The quantitative estimate of drug-likeness (QED) is 0.270. The van der Waals surface area contributed by atoms with Crippen molar-refractivity contribution in [2.75, 3.05) is 19.0 Å². The van der Waals surface area contributed by atoms with Gasteiger partial charge in [0.05, 0.1) is 35.4 Å². The lowest BCUT2D eigenvalue weighted by Crippen LogP contribution is -2.41. The van der Waals surface area contributed by atoms with Crippen LogP contribution in [-0.4, -0.2) is 34.1 Å². The molecular weight excluding hydrogens is 520 g/mol. The summed E-state index contributed by atoms with van der Waals surface area (Å²) in [4.78, 5) is 34.2. The minimum Gasteiger partial charge on any atom is -0.495 e. The number of hydrogen-bond donors (Lipinski definition) is 1. The summed E-state index contributed by atoms with van der Waals surface area (Å²) < 4.78 is 7.97. The van der Waals surface area contributed by atoms with Crippen molar-refractivity contribution in [1.29, 1.82) is 0 Å². The van der Waals surface area contributed by atoms with Gasteiger partial charge in [0, 0.05) is 11.0 Å². The van der Waals surface area contributed by atoms with Gasteiger partial charge in [-0.15, -0.1) is 0 Å². The predicted molar refractivity (Wildman–Crippen MR) is 147 cm³/mol. The van der Waals surface area contributed by atoms with Gasteiger partial charge < -0.3 is 15.0 Å². The second-order valence-electron chi connectivity index (χ2n) is 8.33. The lowest BCUT2D eigenvalue weighted by atomic mass is 10.1. The van der Waals surface area contributed by atoms with Gasteiger partial charge in [-0.05, 0) is 65.2 Å². The van der Waals surface area contributed by atoms with E-state index in [1.54, 1.807) is 22.6 Å². The average molecular weight is 549 g/mol. The topological polar surface area (TPSA) is 76.5 Å². The number of carbonyl (C=O) groups is 1. The van der Waals surface area contributed by atoms with Gasteiger partial charge >= 0.3 is 6.03 Å². The molecule has 0 saturated heterocycles. The molecule has 0 saturated carbocycles. The molecule has 7 nitrogen and oxygen atoms in total. The molecule has 1 N–H and O–H groups in total. The van der Waals surface area contributed by atoms with E-state index in [0.29, 0.717) is 46.8 Å². The summed E-state index contributed by atoms with van der Waals surface area (Å²) in [6, 6.07) is 21.4. The summed E-state index contributed by atoms with van der Waals surface area (Å²) in [6.07, 6.45) is 1.30. The summed E-state index contributed by atoms with van der Waals surface area (Å²) in [5, 5.41) is 3.52. The van der Waals surface area contributed by atoms with Crippen LogP contribution in [0.15, 0.2) is 82.1 Å². The zero-order valence-corrected chi connectivity index (χ0v) is 22.2. The highest BCUT2D eigenvalue weighted by Gasteiger charge is 2.29. The number of urea groups is 1. The van der Waals surface area contributed by atoms with Crippen molar-refractivity contribution in [1.82, 2.24) is 14.5 Å². The molecule has 0 radical (unpaired) electrons. The minimum absolute atomic E-state index is 0.207. The van der Waals surface area contributed by atoms with Gasteiger partial charge in [-0.2, -0.15) is 0 Å². The van der Waals surface area contributed by atoms with E-state index in [2.05, 4.69) is 21.2 Å². The Labute approximate surface area is 218 Å². The van der Waals surface area contributed by atoms with Gasteiger partial charge in [0.1, 0.15) is 11.6 Å². The molecule has 1 heterocycles. The molecule has 3 aromatic carbocycles. The number of para-hydroxylation sites is 4. The molecule has 1 aromatic heterocycles. The number of rotatable bonds is 8. The Hall–Kier alpha value is -3.65. The van der Waals surface area contributed by atoms with Crippen molar-refractivity contribution in [2.45, 2.75) is 32.7 Å². The fraction of sp³-hybridized carbons (Fsp3) is 0.250. The number of methoxy groups -OCH3 is 1. The van der Waals surface area contributed by atoms with Crippen LogP contribution in [0.1, 0.15) is 38.6 Å². The van der Waals surface area contributed by atoms with E-state index in [1.165, 1.54) is 0 Å². The number of carbonyl (C=O) groups excluding carboxylic acids is 1. The summed E-state index contributed by atoms with van der Waals surface area (Å²) in [6.45, 7) is 4.50.